The summed E-state index contributed by atoms with van der Waals surface area (Å²) in [5, 5.41) is 0. The van der Waals surface area contributed by atoms with E-state index in [1.807, 2.05) is 0 Å². The van der Waals surface area contributed by atoms with Gasteiger partial charge in [-0.2, -0.15) is 0 Å². The van der Waals surface area contributed by atoms with Gasteiger partial charge in [0.05, 0.1) is 0 Å². The molecule has 0 aromatic rings. The van der Waals surface area contributed by atoms with Crippen molar-refractivity contribution in [2.45, 2.75) is 46.6 Å². The van der Waals surface area contributed by atoms with Crippen molar-refractivity contribution in [2.75, 3.05) is 13.6 Å². The molecule has 0 bridgehead atoms. The van der Waals surface area contributed by atoms with E-state index >= 15 is 0 Å². The zero-order chi connectivity index (χ0) is 9.56. The van der Waals surface area contributed by atoms with Crippen LogP contribution in [0.25, 0.3) is 0 Å². The summed E-state index contributed by atoms with van der Waals surface area (Å²) in [6, 6.07) is 0.650. The number of rotatable bonds is 5. The van der Waals surface area contributed by atoms with Gasteiger partial charge in [-0.1, -0.05) is 25.5 Å². The van der Waals surface area contributed by atoms with Gasteiger partial charge in [-0.05, 0) is 33.7 Å². The minimum atomic E-state index is 0.650. The first kappa shape index (κ1) is 11.7. The molecule has 0 N–H and O–H groups in total. The zero-order valence-electron chi connectivity index (χ0n) is 9.22. The minimum absolute atomic E-state index is 0.650. The summed E-state index contributed by atoms with van der Waals surface area (Å²) >= 11 is 0. The molecule has 0 atom stereocenters. The van der Waals surface area contributed by atoms with Crippen LogP contribution in [0.4, 0.5) is 0 Å². The molecule has 0 fully saturated rings. The van der Waals surface area contributed by atoms with Crippen molar-refractivity contribution in [1.29, 1.82) is 0 Å². The molecule has 0 heterocycles. The van der Waals surface area contributed by atoms with E-state index in [4.69, 9.17) is 0 Å². The molecule has 0 aromatic carbocycles. The third-order valence-electron chi connectivity index (χ3n) is 2.28. The van der Waals surface area contributed by atoms with Crippen molar-refractivity contribution in [2.24, 2.45) is 0 Å². The molecule has 0 aromatic heterocycles. The molecule has 72 valence electrons. The van der Waals surface area contributed by atoms with E-state index in [0.717, 1.165) is 13.0 Å². The molecule has 0 amide bonds. The Morgan fingerprint density at radius 3 is 2.25 bits per heavy atom. The first-order valence-corrected chi connectivity index (χ1v) is 4.99. The SMILES string of the molecule is CC/C=C(\CC)CN(C)C(C)C. The van der Waals surface area contributed by atoms with Gasteiger partial charge in [0.25, 0.3) is 0 Å². The highest BCUT2D eigenvalue weighted by Crippen LogP contribution is 2.06. The smallest absolute Gasteiger partial charge is 0.0192 e. The van der Waals surface area contributed by atoms with E-state index in [0.29, 0.717) is 6.04 Å². The third kappa shape index (κ3) is 4.55. The molecular weight excluding hydrogens is 146 g/mol. The number of allylic oxidation sites excluding steroid dienone is 1. The molecule has 0 aliphatic rings. The quantitative estimate of drug-likeness (QED) is 0.572. The largest absolute Gasteiger partial charge is 0.300 e. The van der Waals surface area contributed by atoms with Crippen molar-refractivity contribution in [3.63, 3.8) is 0 Å². The Labute approximate surface area is 77.5 Å². The first-order chi connectivity index (χ1) is 5.61. The third-order valence-corrected chi connectivity index (χ3v) is 2.28. The summed E-state index contributed by atoms with van der Waals surface area (Å²) in [7, 11) is 2.18. The molecule has 0 aliphatic heterocycles. The Morgan fingerprint density at radius 1 is 1.33 bits per heavy atom. The van der Waals surface area contributed by atoms with Crippen LogP contribution in [0.5, 0.6) is 0 Å². The molecule has 1 nitrogen and oxygen atoms in total. The second-order valence-corrected chi connectivity index (χ2v) is 3.63. The van der Waals surface area contributed by atoms with Crippen LogP contribution in [0.3, 0.4) is 0 Å². The topological polar surface area (TPSA) is 3.24 Å². The fourth-order valence-corrected chi connectivity index (χ4v) is 1.11. The van der Waals surface area contributed by atoms with E-state index < -0.39 is 0 Å². The molecule has 1 heteroatoms. The van der Waals surface area contributed by atoms with E-state index in [1.54, 1.807) is 5.57 Å². The van der Waals surface area contributed by atoms with Gasteiger partial charge in [0.15, 0.2) is 0 Å². The Balaban J connectivity index is 3.94. The Morgan fingerprint density at radius 2 is 1.92 bits per heavy atom. The van der Waals surface area contributed by atoms with Crippen molar-refractivity contribution >= 4 is 0 Å². The fourth-order valence-electron chi connectivity index (χ4n) is 1.11. The number of hydrogen-bond acceptors (Lipinski definition) is 1. The lowest BCUT2D eigenvalue weighted by Crippen LogP contribution is -2.28. The van der Waals surface area contributed by atoms with Crippen molar-refractivity contribution in [1.82, 2.24) is 4.90 Å². The monoisotopic (exact) mass is 169 g/mol. The molecule has 0 unspecified atom stereocenters. The van der Waals surface area contributed by atoms with Crippen LogP contribution >= 0.6 is 0 Å². The number of nitrogens with zero attached hydrogens (tertiary/aromatic N) is 1. The van der Waals surface area contributed by atoms with Crippen molar-refractivity contribution in [3.05, 3.63) is 11.6 Å². The van der Waals surface area contributed by atoms with Gasteiger partial charge < -0.3 is 4.90 Å². The highest BCUT2D eigenvalue weighted by molar-refractivity contribution is 5.03. The molecule has 0 rings (SSSR count). The molecule has 0 saturated carbocycles. The van der Waals surface area contributed by atoms with Gasteiger partial charge in [-0.3, -0.25) is 0 Å². The summed E-state index contributed by atoms with van der Waals surface area (Å²) in [4.78, 5) is 2.38. The fraction of sp³-hybridized carbons (Fsp3) is 0.818. The van der Waals surface area contributed by atoms with E-state index in [2.05, 4.69) is 45.7 Å². The molecule has 0 saturated heterocycles. The van der Waals surface area contributed by atoms with Crippen molar-refractivity contribution in [3.8, 4) is 0 Å². The Hall–Kier alpha value is -0.300. The summed E-state index contributed by atoms with van der Waals surface area (Å²) in [6.07, 6.45) is 4.69. The van der Waals surface area contributed by atoms with Gasteiger partial charge in [0.2, 0.25) is 0 Å². The predicted octanol–water partition coefficient (Wildman–Crippen LogP) is 3.07. The molecule has 0 spiro atoms. The maximum atomic E-state index is 2.38. The summed E-state index contributed by atoms with van der Waals surface area (Å²) < 4.78 is 0. The summed E-state index contributed by atoms with van der Waals surface area (Å²) in [6.45, 7) is 10.0. The Kier molecular flexibility index (Phi) is 6.09. The minimum Gasteiger partial charge on any atom is -0.300 e. The average Bonchev–Trinajstić information content (AvgIpc) is 2.03. The second-order valence-electron chi connectivity index (χ2n) is 3.63. The van der Waals surface area contributed by atoms with Crippen LogP contribution in [-0.2, 0) is 0 Å². The molecule has 12 heavy (non-hydrogen) atoms. The summed E-state index contributed by atoms with van der Waals surface area (Å²) in [5.74, 6) is 0. The average molecular weight is 169 g/mol. The lowest BCUT2D eigenvalue weighted by Gasteiger charge is -2.22. The van der Waals surface area contributed by atoms with Gasteiger partial charge in [-0.25, -0.2) is 0 Å². The van der Waals surface area contributed by atoms with Crippen LogP contribution in [0, 0.1) is 0 Å². The second kappa shape index (κ2) is 6.24. The number of likely N-dealkylation sites (N-methyl/N-ethyl adjacent to an activating group) is 1. The first-order valence-electron chi connectivity index (χ1n) is 4.99. The molecule has 0 radical (unpaired) electrons. The maximum Gasteiger partial charge on any atom is 0.0192 e. The highest BCUT2D eigenvalue weighted by atomic mass is 15.1. The number of hydrogen-bond donors (Lipinski definition) is 0. The predicted molar refractivity (Wildman–Crippen MR) is 56.4 cm³/mol. The maximum absolute atomic E-state index is 2.38. The van der Waals surface area contributed by atoms with Gasteiger partial charge >= 0.3 is 0 Å². The standard InChI is InChI=1S/C11H23N/c1-6-8-11(7-2)9-12(5)10(3)4/h8,10H,6-7,9H2,1-5H3/b11-8+. The Bertz CT molecular complexity index is 136. The van der Waals surface area contributed by atoms with Crippen LogP contribution < -0.4 is 0 Å². The van der Waals surface area contributed by atoms with Gasteiger partial charge in [-0.15, -0.1) is 0 Å². The van der Waals surface area contributed by atoms with Gasteiger partial charge in [0.1, 0.15) is 0 Å². The lowest BCUT2D eigenvalue weighted by molar-refractivity contribution is 0.294. The summed E-state index contributed by atoms with van der Waals surface area (Å²) in [5.41, 5.74) is 1.56. The van der Waals surface area contributed by atoms with Crippen LogP contribution in [0.15, 0.2) is 11.6 Å². The van der Waals surface area contributed by atoms with Crippen molar-refractivity contribution < 1.29 is 0 Å². The zero-order valence-corrected chi connectivity index (χ0v) is 9.22. The van der Waals surface area contributed by atoms with Gasteiger partial charge in [0, 0.05) is 12.6 Å². The normalized spacial score (nSPS) is 13.1. The highest BCUT2D eigenvalue weighted by Gasteiger charge is 2.03. The molecular formula is C11H23N. The van der Waals surface area contributed by atoms with E-state index in [1.165, 1.54) is 6.42 Å². The van der Waals surface area contributed by atoms with Crippen LogP contribution in [0.2, 0.25) is 0 Å². The van der Waals surface area contributed by atoms with Crippen LogP contribution in [-0.4, -0.2) is 24.5 Å². The van der Waals surface area contributed by atoms with E-state index in [9.17, 15) is 0 Å². The van der Waals surface area contributed by atoms with E-state index in [-0.39, 0.29) is 0 Å². The molecule has 0 aliphatic carbocycles. The lowest BCUT2D eigenvalue weighted by atomic mass is 10.1. The van der Waals surface area contributed by atoms with Crippen LogP contribution in [0.1, 0.15) is 40.5 Å².